The molecule has 1 atom stereocenters. The number of rotatable bonds is 1. The molecule has 0 saturated carbocycles. The first kappa shape index (κ1) is 14.1. The van der Waals surface area contributed by atoms with Gasteiger partial charge in [-0.2, -0.15) is 0 Å². The summed E-state index contributed by atoms with van der Waals surface area (Å²) < 4.78 is 4.89. The Labute approximate surface area is 132 Å². The van der Waals surface area contributed by atoms with Crippen LogP contribution >= 0.6 is 0 Å². The summed E-state index contributed by atoms with van der Waals surface area (Å²) in [5, 5.41) is 20.3. The lowest BCUT2D eigenvalue weighted by molar-refractivity contribution is -0.326. The van der Waals surface area contributed by atoms with E-state index < -0.39 is 11.5 Å². The van der Waals surface area contributed by atoms with E-state index in [0.717, 1.165) is 22.4 Å². The minimum absolute atomic E-state index is 0.191. The number of nitrogens with two attached hydrogens (primary N) is 1. The van der Waals surface area contributed by atoms with E-state index >= 15 is 0 Å². The van der Waals surface area contributed by atoms with Crippen molar-refractivity contribution in [2.45, 2.75) is 30.8 Å². The van der Waals surface area contributed by atoms with Crippen LogP contribution in [0, 0.1) is 0 Å². The number of nitrogens with zero attached hydrogens (tertiary/aromatic N) is 3. The average Bonchev–Trinajstić information content (AvgIpc) is 2.75. The quantitative estimate of drug-likeness (QED) is 0.655. The SMILES string of the molecule is NC1=NC2(CCc3c(cccc3-c3cnccn3)C2)C(O)(O)O1. The number of amidine groups is 1. The highest BCUT2D eigenvalue weighted by Crippen LogP contribution is 2.44. The van der Waals surface area contributed by atoms with Crippen molar-refractivity contribution >= 4 is 6.02 Å². The lowest BCUT2D eigenvalue weighted by Crippen LogP contribution is -2.54. The molecule has 1 aromatic carbocycles. The standard InChI is InChI=1S/C16H16N4O3/c17-14-20-15(16(21,22)23-14)5-4-11-10(8-15)2-1-3-12(11)13-9-18-6-7-19-13/h1-3,6-7,9,21-22H,4-5,8H2,(H2,17,20). The molecular weight excluding hydrogens is 296 g/mol. The summed E-state index contributed by atoms with van der Waals surface area (Å²) in [6.07, 6.45) is 6.38. The van der Waals surface area contributed by atoms with Crippen molar-refractivity contribution in [2.75, 3.05) is 0 Å². The smallest absolute Gasteiger partial charge is 0.351 e. The predicted octanol–water partition coefficient (Wildman–Crippen LogP) is 0.354. The molecule has 2 aromatic rings. The third-order valence-corrected chi connectivity index (χ3v) is 4.56. The third kappa shape index (κ3) is 2.08. The lowest BCUT2D eigenvalue weighted by atomic mass is 9.75. The van der Waals surface area contributed by atoms with Crippen molar-refractivity contribution in [1.29, 1.82) is 0 Å². The van der Waals surface area contributed by atoms with E-state index in [1.165, 1.54) is 0 Å². The van der Waals surface area contributed by atoms with Crippen LogP contribution in [0.2, 0.25) is 0 Å². The zero-order valence-corrected chi connectivity index (χ0v) is 12.3. The zero-order valence-electron chi connectivity index (χ0n) is 12.3. The van der Waals surface area contributed by atoms with E-state index in [9.17, 15) is 10.2 Å². The average molecular weight is 312 g/mol. The van der Waals surface area contributed by atoms with Crippen molar-refractivity contribution in [3.8, 4) is 11.3 Å². The summed E-state index contributed by atoms with van der Waals surface area (Å²) >= 11 is 0. The van der Waals surface area contributed by atoms with Crippen molar-refractivity contribution < 1.29 is 14.9 Å². The van der Waals surface area contributed by atoms with Gasteiger partial charge in [0, 0.05) is 24.4 Å². The van der Waals surface area contributed by atoms with Gasteiger partial charge in [0.25, 0.3) is 6.02 Å². The summed E-state index contributed by atoms with van der Waals surface area (Å²) in [4.78, 5) is 12.6. The van der Waals surface area contributed by atoms with Gasteiger partial charge in [0.15, 0.2) is 5.54 Å². The van der Waals surface area contributed by atoms with Gasteiger partial charge in [0.1, 0.15) is 0 Å². The van der Waals surface area contributed by atoms with Crippen LogP contribution in [0.1, 0.15) is 17.5 Å². The van der Waals surface area contributed by atoms with E-state index in [4.69, 9.17) is 10.5 Å². The number of fused-ring (bicyclic) bond motifs is 1. The minimum atomic E-state index is -2.38. The van der Waals surface area contributed by atoms with Gasteiger partial charge in [-0.25, -0.2) is 4.99 Å². The molecule has 1 spiro atoms. The van der Waals surface area contributed by atoms with Gasteiger partial charge < -0.3 is 20.7 Å². The van der Waals surface area contributed by atoms with Crippen LogP contribution in [0.4, 0.5) is 0 Å². The summed E-state index contributed by atoms with van der Waals surface area (Å²) in [6.45, 7) is 0. The van der Waals surface area contributed by atoms with Crippen LogP contribution in [0.15, 0.2) is 41.8 Å². The molecule has 4 rings (SSSR count). The summed E-state index contributed by atoms with van der Waals surface area (Å²) in [7, 11) is 0. The highest BCUT2D eigenvalue weighted by molar-refractivity contribution is 5.75. The van der Waals surface area contributed by atoms with Crippen molar-refractivity contribution in [3.63, 3.8) is 0 Å². The molecule has 0 bridgehead atoms. The Morgan fingerprint density at radius 1 is 1.22 bits per heavy atom. The highest BCUT2D eigenvalue weighted by atomic mass is 16.8. The van der Waals surface area contributed by atoms with Gasteiger partial charge in [0.05, 0.1) is 11.9 Å². The van der Waals surface area contributed by atoms with Crippen LogP contribution < -0.4 is 5.73 Å². The topological polar surface area (TPSA) is 114 Å². The summed E-state index contributed by atoms with van der Waals surface area (Å²) in [5.41, 5.74) is 8.28. The Morgan fingerprint density at radius 2 is 2.09 bits per heavy atom. The molecule has 0 saturated heterocycles. The number of aliphatic imine (C=N–C) groups is 1. The van der Waals surface area contributed by atoms with Gasteiger partial charge in [-0.15, -0.1) is 0 Å². The Morgan fingerprint density at radius 3 is 2.78 bits per heavy atom. The summed E-state index contributed by atoms with van der Waals surface area (Å²) in [6, 6.07) is 5.68. The molecule has 118 valence electrons. The van der Waals surface area contributed by atoms with E-state index in [2.05, 4.69) is 15.0 Å². The monoisotopic (exact) mass is 312 g/mol. The first-order chi connectivity index (χ1) is 11.0. The van der Waals surface area contributed by atoms with Crippen molar-refractivity contribution in [1.82, 2.24) is 9.97 Å². The molecule has 0 fully saturated rings. The van der Waals surface area contributed by atoms with Crippen LogP contribution in [-0.4, -0.2) is 37.7 Å². The molecule has 1 aliphatic heterocycles. The Kier molecular flexibility index (Phi) is 2.91. The molecule has 0 radical (unpaired) electrons. The fourth-order valence-electron chi connectivity index (χ4n) is 3.43. The zero-order chi connectivity index (χ0) is 16.1. The largest absolute Gasteiger partial charge is 0.406 e. The minimum Gasteiger partial charge on any atom is -0.406 e. The maximum Gasteiger partial charge on any atom is 0.351 e. The second-order valence-corrected chi connectivity index (χ2v) is 5.90. The molecule has 23 heavy (non-hydrogen) atoms. The Balaban J connectivity index is 1.78. The maximum absolute atomic E-state index is 10.2. The van der Waals surface area contributed by atoms with Gasteiger partial charge in [-0.05, 0) is 24.0 Å². The van der Waals surface area contributed by atoms with Crippen molar-refractivity contribution in [2.24, 2.45) is 10.7 Å². The lowest BCUT2D eigenvalue weighted by Gasteiger charge is -2.37. The first-order valence-electron chi connectivity index (χ1n) is 7.37. The molecule has 7 heteroatoms. The number of benzene rings is 1. The molecule has 1 aromatic heterocycles. The first-order valence-corrected chi connectivity index (χ1v) is 7.37. The van der Waals surface area contributed by atoms with Crippen LogP contribution in [0.3, 0.4) is 0 Å². The molecule has 1 unspecified atom stereocenters. The molecule has 2 heterocycles. The van der Waals surface area contributed by atoms with Crippen LogP contribution in [-0.2, 0) is 17.6 Å². The normalized spacial score (nSPS) is 24.9. The molecule has 1 aliphatic carbocycles. The van der Waals surface area contributed by atoms with E-state index in [0.29, 0.717) is 19.3 Å². The highest BCUT2D eigenvalue weighted by Gasteiger charge is 2.58. The van der Waals surface area contributed by atoms with Crippen LogP contribution in [0.25, 0.3) is 11.3 Å². The Bertz CT molecular complexity index is 791. The second kappa shape index (κ2) is 4.74. The van der Waals surface area contributed by atoms with E-state index in [1.54, 1.807) is 18.6 Å². The third-order valence-electron chi connectivity index (χ3n) is 4.56. The van der Waals surface area contributed by atoms with Gasteiger partial charge in [-0.1, -0.05) is 18.2 Å². The summed E-state index contributed by atoms with van der Waals surface area (Å²) in [5.74, 6) is -2.38. The Hall–Kier alpha value is -2.51. The number of aliphatic hydroxyl groups is 2. The number of aromatic nitrogens is 2. The maximum atomic E-state index is 10.2. The molecule has 7 nitrogen and oxygen atoms in total. The van der Waals surface area contributed by atoms with E-state index in [-0.39, 0.29) is 6.02 Å². The van der Waals surface area contributed by atoms with Crippen molar-refractivity contribution in [3.05, 3.63) is 47.9 Å². The number of hydrogen-bond donors (Lipinski definition) is 3. The predicted molar refractivity (Wildman–Crippen MR) is 82.1 cm³/mol. The van der Waals surface area contributed by atoms with Gasteiger partial charge in [0.2, 0.25) is 0 Å². The van der Waals surface area contributed by atoms with Crippen LogP contribution in [0.5, 0.6) is 0 Å². The fraction of sp³-hybridized carbons (Fsp3) is 0.312. The second-order valence-electron chi connectivity index (χ2n) is 5.90. The molecule has 4 N–H and O–H groups in total. The van der Waals surface area contributed by atoms with Gasteiger partial charge in [-0.3, -0.25) is 9.97 Å². The number of hydrogen-bond acceptors (Lipinski definition) is 7. The van der Waals surface area contributed by atoms with E-state index in [1.807, 2.05) is 18.2 Å². The number of ether oxygens (including phenoxy) is 1. The molecular formula is C16H16N4O3. The fourth-order valence-corrected chi connectivity index (χ4v) is 3.43. The molecule has 0 amide bonds. The van der Waals surface area contributed by atoms with Gasteiger partial charge >= 0.3 is 5.97 Å². The molecule has 2 aliphatic rings.